The second kappa shape index (κ2) is 6.19. The zero-order valence-corrected chi connectivity index (χ0v) is 10.7. The molecule has 15 heavy (non-hydrogen) atoms. The number of hydrogen-bond donors (Lipinski definition) is 1. The van der Waals surface area contributed by atoms with Crippen LogP contribution in [0.2, 0.25) is 0 Å². The Labute approximate surface area is 97.4 Å². The summed E-state index contributed by atoms with van der Waals surface area (Å²) in [5.41, 5.74) is 10.1. The van der Waals surface area contributed by atoms with Gasteiger partial charge in [0.2, 0.25) is 0 Å². The lowest BCUT2D eigenvalue weighted by Crippen LogP contribution is -2.23. The van der Waals surface area contributed by atoms with E-state index in [0.717, 1.165) is 18.6 Å². The van der Waals surface area contributed by atoms with E-state index in [9.17, 15) is 0 Å². The van der Waals surface area contributed by atoms with E-state index in [0.29, 0.717) is 6.04 Å². The Kier molecular flexibility index (Phi) is 5.20. The van der Waals surface area contributed by atoms with E-state index in [1.807, 2.05) is 11.8 Å². The average Bonchev–Trinajstić information content (AvgIpc) is 2.13. The molecule has 1 unspecified atom stereocenters. The second-order valence-electron chi connectivity index (χ2n) is 4.24. The Balaban J connectivity index is 2.56. The molecule has 0 bridgehead atoms. The highest BCUT2D eigenvalue weighted by Gasteiger charge is 2.04. The van der Waals surface area contributed by atoms with Crippen LogP contribution in [0.5, 0.6) is 0 Å². The van der Waals surface area contributed by atoms with Crippen molar-refractivity contribution in [2.45, 2.75) is 32.7 Å². The Morgan fingerprint density at radius 2 is 1.80 bits per heavy atom. The molecule has 0 fully saturated rings. The molecule has 1 aromatic rings. The molecular weight excluding hydrogens is 202 g/mol. The summed E-state index contributed by atoms with van der Waals surface area (Å²) in [6.45, 7) is 4.29. The van der Waals surface area contributed by atoms with Crippen molar-refractivity contribution in [2.24, 2.45) is 5.73 Å². The van der Waals surface area contributed by atoms with Crippen LogP contribution < -0.4 is 5.73 Å². The van der Waals surface area contributed by atoms with Crippen LogP contribution in [0.15, 0.2) is 18.2 Å². The third-order valence-electron chi connectivity index (χ3n) is 2.47. The van der Waals surface area contributed by atoms with Gasteiger partial charge in [-0.1, -0.05) is 29.3 Å². The first kappa shape index (κ1) is 12.6. The molecule has 0 aromatic heterocycles. The monoisotopic (exact) mass is 223 g/mol. The van der Waals surface area contributed by atoms with Gasteiger partial charge in [-0.15, -0.1) is 0 Å². The van der Waals surface area contributed by atoms with Crippen molar-refractivity contribution in [3.63, 3.8) is 0 Å². The first-order valence-corrected chi connectivity index (χ1v) is 6.83. The molecular formula is C13H21NS. The minimum Gasteiger partial charge on any atom is -0.327 e. The minimum absolute atomic E-state index is 0.304. The zero-order valence-electron chi connectivity index (χ0n) is 9.92. The molecule has 1 atom stereocenters. The summed E-state index contributed by atoms with van der Waals surface area (Å²) in [5.74, 6) is 1.16. The van der Waals surface area contributed by atoms with Gasteiger partial charge in [-0.2, -0.15) is 11.8 Å². The minimum atomic E-state index is 0.304. The molecule has 1 nitrogen and oxygen atoms in total. The van der Waals surface area contributed by atoms with Crippen LogP contribution in [0.1, 0.15) is 23.1 Å². The molecule has 1 rings (SSSR count). The highest BCUT2D eigenvalue weighted by Crippen LogP contribution is 2.12. The Morgan fingerprint density at radius 3 is 2.33 bits per heavy atom. The van der Waals surface area contributed by atoms with Gasteiger partial charge in [0.05, 0.1) is 0 Å². The lowest BCUT2D eigenvalue weighted by Gasteiger charge is -2.12. The molecule has 0 saturated heterocycles. The summed E-state index contributed by atoms with van der Waals surface area (Å²) >= 11 is 1.87. The van der Waals surface area contributed by atoms with E-state index in [1.165, 1.54) is 16.7 Å². The highest BCUT2D eigenvalue weighted by atomic mass is 32.2. The second-order valence-corrected chi connectivity index (χ2v) is 5.23. The third kappa shape index (κ3) is 4.72. The topological polar surface area (TPSA) is 26.0 Å². The highest BCUT2D eigenvalue weighted by molar-refractivity contribution is 7.98. The molecule has 0 heterocycles. The number of aryl methyl sites for hydroxylation is 2. The van der Waals surface area contributed by atoms with E-state index in [4.69, 9.17) is 5.73 Å². The fourth-order valence-electron chi connectivity index (χ4n) is 1.86. The van der Waals surface area contributed by atoms with Crippen molar-refractivity contribution in [1.82, 2.24) is 0 Å². The summed E-state index contributed by atoms with van der Waals surface area (Å²) in [7, 11) is 0. The summed E-state index contributed by atoms with van der Waals surface area (Å²) in [6, 6.07) is 6.99. The van der Waals surface area contributed by atoms with Crippen molar-refractivity contribution < 1.29 is 0 Å². The third-order valence-corrected chi connectivity index (χ3v) is 3.12. The first-order chi connectivity index (χ1) is 7.11. The Morgan fingerprint density at radius 1 is 1.20 bits per heavy atom. The molecule has 2 heteroatoms. The van der Waals surface area contributed by atoms with E-state index >= 15 is 0 Å². The molecule has 0 aliphatic heterocycles. The molecule has 84 valence electrons. The fraction of sp³-hybridized carbons (Fsp3) is 0.538. The molecule has 0 aliphatic rings. The quantitative estimate of drug-likeness (QED) is 0.830. The van der Waals surface area contributed by atoms with Gasteiger partial charge in [-0.05, 0) is 44.3 Å². The number of rotatable bonds is 5. The van der Waals surface area contributed by atoms with E-state index in [2.05, 4.69) is 38.3 Å². The van der Waals surface area contributed by atoms with Gasteiger partial charge in [-0.3, -0.25) is 0 Å². The van der Waals surface area contributed by atoms with Gasteiger partial charge in [0.1, 0.15) is 0 Å². The van der Waals surface area contributed by atoms with E-state index < -0.39 is 0 Å². The molecule has 0 radical (unpaired) electrons. The molecule has 0 aliphatic carbocycles. The van der Waals surface area contributed by atoms with Crippen molar-refractivity contribution in [1.29, 1.82) is 0 Å². The Hall–Kier alpha value is -0.470. The predicted molar refractivity (Wildman–Crippen MR) is 70.6 cm³/mol. The van der Waals surface area contributed by atoms with Crippen LogP contribution in [0.4, 0.5) is 0 Å². The summed E-state index contributed by atoms with van der Waals surface area (Å²) in [6.07, 6.45) is 4.24. The molecule has 2 N–H and O–H groups in total. The van der Waals surface area contributed by atoms with Gasteiger partial charge in [-0.25, -0.2) is 0 Å². The molecule has 0 saturated carbocycles. The van der Waals surface area contributed by atoms with Gasteiger partial charge < -0.3 is 5.73 Å². The van der Waals surface area contributed by atoms with Gasteiger partial charge in [0.25, 0.3) is 0 Å². The normalized spacial score (nSPS) is 12.8. The van der Waals surface area contributed by atoms with Crippen LogP contribution >= 0.6 is 11.8 Å². The van der Waals surface area contributed by atoms with E-state index in [-0.39, 0.29) is 0 Å². The average molecular weight is 223 g/mol. The van der Waals surface area contributed by atoms with Gasteiger partial charge in [0, 0.05) is 6.04 Å². The summed E-state index contributed by atoms with van der Waals surface area (Å²) in [4.78, 5) is 0. The SMILES string of the molecule is CSCCC(N)Cc1cc(C)cc(C)c1. The zero-order chi connectivity index (χ0) is 11.3. The van der Waals surface area contributed by atoms with Crippen molar-refractivity contribution >= 4 is 11.8 Å². The summed E-state index contributed by atoms with van der Waals surface area (Å²) < 4.78 is 0. The standard InChI is InChI=1S/C13H21NS/c1-10-6-11(2)8-12(7-10)9-13(14)4-5-15-3/h6-8,13H,4-5,9,14H2,1-3H3. The maximum atomic E-state index is 6.08. The van der Waals surface area contributed by atoms with Gasteiger partial charge >= 0.3 is 0 Å². The van der Waals surface area contributed by atoms with E-state index in [1.54, 1.807) is 0 Å². The number of hydrogen-bond acceptors (Lipinski definition) is 2. The van der Waals surface area contributed by atoms with Gasteiger partial charge in [0.15, 0.2) is 0 Å². The van der Waals surface area contributed by atoms with Crippen LogP contribution in [-0.4, -0.2) is 18.1 Å². The molecule has 0 spiro atoms. The lowest BCUT2D eigenvalue weighted by atomic mass is 10.0. The number of thioether (sulfide) groups is 1. The lowest BCUT2D eigenvalue weighted by molar-refractivity contribution is 0.651. The smallest absolute Gasteiger partial charge is 0.00871 e. The molecule has 1 aromatic carbocycles. The van der Waals surface area contributed by atoms with Crippen molar-refractivity contribution in [2.75, 3.05) is 12.0 Å². The molecule has 0 amide bonds. The van der Waals surface area contributed by atoms with Crippen molar-refractivity contribution in [3.8, 4) is 0 Å². The summed E-state index contributed by atoms with van der Waals surface area (Å²) in [5, 5.41) is 0. The number of nitrogens with two attached hydrogens (primary N) is 1. The van der Waals surface area contributed by atoms with Crippen LogP contribution in [0.3, 0.4) is 0 Å². The van der Waals surface area contributed by atoms with Crippen LogP contribution in [0, 0.1) is 13.8 Å². The van der Waals surface area contributed by atoms with Crippen LogP contribution in [-0.2, 0) is 6.42 Å². The Bertz CT molecular complexity index is 289. The van der Waals surface area contributed by atoms with Crippen LogP contribution in [0.25, 0.3) is 0 Å². The predicted octanol–water partition coefficient (Wildman–Crippen LogP) is 2.93. The fourth-order valence-corrected chi connectivity index (χ4v) is 2.40. The largest absolute Gasteiger partial charge is 0.327 e. The first-order valence-electron chi connectivity index (χ1n) is 5.43. The van der Waals surface area contributed by atoms with Crippen molar-refractivity contribution in [3.05, 3.63) is 34.9 Å². The number of benzene rings is 1. The maximum Gasteiger partial charge on any atom is 0.00871 e. The maximum absolute atomic E-state index is 6.08.